The fourth-order valence-corrected chi connectivity index (χ4v) is 1.74. The molecule has 1 amide bonds. The summed E-state index contributed by atoms with van der Waals surface area (Å²) >= 11 is 0. The first kappa shape index (κ1) is 14.5. The van der Waals surface area contributed by atoms with Crippen LogP contribution in [0, 0.1) is 6.92 Å². The van der Waals surface area contributed by atoms with Crippen molar-refractivity contribution in [3.05, 3.63) is 53.6 Å². The van der Waals surface area contributed by atoms with E-state index in [0.717, 1.165) is 5.56 Å². The number of rotatable bonds is 3. The summed E-state index contributed by atoms with van der Waals surface area (Å²) in [6.07, 6.45) is 2.82. The summed E-state index contributed by atoms with van der Waals surface area (Å²) in [6, 6.07) is 9.39. The summed E-state index contributed by atoms with van der Waals surface area (Å²) in [4.78, 5) is 11.8. The highest BCUT2D eigenvalue weighted by Gasteiger charge is 2.02. The normalized spacial score (nSPS) is 10.7. The minimum atomic E-state index is -0.360. The maximum Gasteiger partial charge on any atom is 0.248 e. The number of aryl methyl sites for hydroxylation is 1. The molecule has 0 aromatic heterocycles. The van der Waals surface area contributed by atoms with Gasteiger partial charge in [-0.2, -0.15) is 0 Å². The van der Waals surface area contributed by atoms with E-state index in [0.29, 0.717) is 16.9 Å². The molecule has 0 aliphatic heterocycles. The molecule has 0 fully saturated rings. The number of amides is 1. The van der Waals surface area contributed by atoms with Crippen LogP contribution >= 0.6 is 0 Å². The van der Waals surface area contributed by atoms with Crippen molar-refractivity contribution in [2.75, 3.05) is 11.1 Å². The number of nitrogen functional groups attached to an aromatic ring is 1. The Labute approximate surface area is 122 Å². The molecule has 0 saturated carbocycles. The van der Waals surface area contributed by atoms with Gasteiger partial charge in [0.2, 0.25) is 5.91 Å². The van der Waals surface area contributed by atoms with Gasteiger partial charge in [-0.1, -0.05) is 6.07 Å². The second-order valence-corrected chi connectivity index (χ2v) is 4.64. The molecule has 0 radical (unpaired) electrons. The summed E-state index contributed by atoms with van der Waals surface area (Å²) in [5, 5.41) is 21.6. The number of phenolic OH excluding ortho intramolecular Hbond substituents is 2. The number of carbonyl (C=O) groups is 1. The van der Waals surface area contributed by atoms with Gasteiger partial charge in [-0.25, -0.2) is 0 Å². The third-order valence-electron chi connectivity index (χ3n) is 2.96. The van der Waals surface area contributed by atoms with Gasteiger partial charge >= 0.3 is 0 Å². The Balaban J connectivity index is 2.09. The van der Waals surface area contributed by atoms with Crippen molar-refractivity contribution < 1.29 is 15.0 Å². The van der Waals surface area contributed by atoms with Gasteiger partial charge in [0.25, 0.3) is 0 Å². The molecule has 0 heterocycles. The second-order valence-electron chi connectivity index (χ2n) is 4.64. The quantitative estimate of drug-likeness (QED) is 0.396. The van der Waals surface area contributed by atoms with E-state index in [1.165, 1.54) is 30.4 Å². The van der Waals surface area contributed by atoms with Crippen LogP contribution < -0.4 is 11.1 Å². The van der Waals surface area contributed by atoms with E-state index < -0.39 is 0 Å². The number of aromatic hydroxyl groups is 2. The molecular formula is C16H16N2O3. The number of phenols is 2. The lowest BCUT2D eigenvalue weighted by molar-refractivity contribution is -0.111. The number of hydrogen-bond donors (Lipinski definition) is 4. The van der Waals surface area contributed by atoms with E-state index in [1.807, 2.05) is 0 Å². The minimum absolute atomic E-state index is 0.0766. The van der Waals surface area contributed by atoms with Gasteiger partial charge in [0.05, 0.1) is 0 Å². The molecule has 2 rings (SSSR count). The number of anilines is 2. The molecule has 5 heteroatoms. The summed E-state index contributed by atoms with van der Waals surface area (Å²) in [7, 11) is 0. The Morgan fingerprint density at radius 2 is 1.95 bits per heavy atom. The molecule has 2 aromatic rings. The van der Waals surface area contributed by atoms with Crippen LogP contribution in [0.2, 0.25) is 0 Å². The first-order chi connectivity index (χ1) is 9.95. The van der Waals surface area contributed by atoms with Crippen LogP contribution in [0.25, 0.3) is 6.08 Å². The van der Waals surface area contributed by atoms with Crippen molar-refractivity contribution in [3.8, 4) is 11.5 Å². The van der Waals surface area contributed by atoms with Crippen LogP contribution in [-0.2, 0) is 4.79 Å². The van der Waals surface area contributed by atoms with Crippen LogP contribution in [0.4, 0.5) is 11.4 Å². The van der Waals surface area contributed by atoms with Crippen molar-refractivity contribution in [2.45, 2.75) is 6.92 Å². The number of nitrogens with one attached hydrogen (secondary N) is 1. The Morgan fingerprint density at radius 3 is 2.67 bits per heavy atom. The molecule has 0 saturated heterocycles. The zero-order chi connectivity index (χ0) is 15.4. The Hall–Kier alpha value is -2.95. The van der Waals surface area contributed by atoms with E-state index in [-0.39, 0.29) is 17.4 Å². The van der Waals surface area contributed by atoms with E-state index in [4.69, 9.17) is 5.73 Å². The molecule has 5 nitrogen and oxygen atoms in total. The van der Waals surface area contributed by atoms with Crippen molar-refractivity contribution in [1.82, 2.24) is 0 Å². The Bertz CT molecular complexity index is 709. The minimum Gasteiger partial charge on any atom is -0.508 e. The average Bonchev–Trinajstić information content (AvgIpc) is 2.44. The largest absolute Gasteiger partial charge is 0.508 e. The zero-order valence-corrected chi connectivity index (χ0v) is 11.5. The smallest absolute Gasteiger partial charge is 0.248 e. The molecule has 2 aromatic carbocycles. The van der Waals surface area contributed by atoms with E-state index in [1.54, 1.807) is 25.1 Å². The SMILES string of the molecule is Cc1ccc(NC(=O)C=Cc2cc(O)ccc2N)cc1O. The lowest BCUT2D eigenvalue weighted by Crippen LogP contribution is -2.07. The van der Waals surface area contributed by atoms with Gasteiger partial charge in [-0.05, 0) is 42.8 Å². The number of benzene rings is 2. The summed E-state index contributed by atoms with van der Waals surface area (Å²) in [5.41, 5.74) is 7.98. The third-order valence-corrected chi connectivity index (χ3v) is 2.96. The molecule has 0 unspecified atom stereocenters. The standard InChI is InChI=1S/C16H16N2O3/c1-10-2-4-12(9-15(10)20)18-16(21)7-3-11-8-13(19)5-6-14(11)17/h2-9,19-20H,17H2,1H3,(H,18,21). The van der Waals surface area contributed by atoms with Gasteiger partial charge in [0, 0.05) is 29.1 Å². The maximum absolute atomic E-state index is 11.8. The molecule has 108 valence electrons. The number of hydrogen-bond acceptors (Lipinski definition) is 4. The molecule has 0 aliphatic rings. The molecule has 0 aliphatic carbocycles. The maximum atomic E-state index is 11.8. The van der Waals surface area contributed by atoms with Crippen LogP contribution in [0.5, 0.6) is 11.5 Å². The highest BCUT2D eigenvalue weighted by molar-refractivity contribution is 6.02. The molecule has 0 bridgehead atoms. The second kappa shape index (κ2) is 6.00. The van der Waals surface area contributed by atoms with Gasteiger partial charge in [0.15, 0.2) is 0 Å². The number of nitrogens with two attached hydrogens (primary N) is 1. The lowest BCUT2D eigenvalue weighted by atomic mass is 10.1. The fourth-order valence-electron chi connectivity index (χ4n) is 1.74. The average molecular weight is 284 g/mol. The predicted molar refractivity (Wildman–Crippen MR) is 83.0 cm³/mol. The van der Waals surface area contributed by atoms with Crippen LogP contribution in [0.3, 0.4) is 0 Å². The van der Waals surface area contributed by atoms with Crippen molar-refractivity contribution in [1.29, 1.82) is 0 Å². The molecule has 5 N–H and O–H groups in total. The van der Waals surface area contributed by atoms with Crippen molar-refractivity contribution >= 4 is 23.4 Å². The fraction of sp³-hybridized carbons (Fsp3) is 0.0625. The van der Waals surface area contributed by atoms with Crippen LogP contribution in [0.15, 0.2) is 42.5 Å². The van der Waals surface area contributed by atoms with Crippen molar-refractivity contribution in [3.63, 3.8) is 0 Å². The monoisotopic (exact) mass is 284 g/mol. The van der Waals surface area contributed by atoms with E-state index in [2.05, 4.69) is 5.32 Å². The highest BCUT2D eigenvalue weighted by Crippen LogP contribution is 2.21. The van der Waals surface area contributed by atoms with Crippen LogP contribution in [0.1, 0.15) is 11.1 Å². The van der Waals surface area contributed by atoms with Crippen LogP contribution in [-0.4, -0.2) is 16.1 Å². The van der Waals surface area contributed by atoms with Gasteiger partial charge in [-0.15, -0.1) is 0 Å². The highest BCUT2D eigenvalue weighted by atomic mass is 16.3. The number of carbonyl (C=O) groups excluding carboxylic acids is 1. The molecule has 0 spiro atoms. The first-order valence-corrected chi connectivity index (χ1v) is 6.33. The summed E-state index contributed by atoms with van der Waals surface area (Å²) in [5.74, 6) is -0.164. The van der Waals surface area contributed by atoms with Gasteiger partial charge in [0.1, 0.15) is 11.5 Å². The molecule has 0 atom stereocenters. The van der Waals surface area contributed by atoms with Crippen molar-refractivity contribution in [2.24, 2.45) is 0 Å². The topological polar surface area (TPSA) is 95.6 Å². The van der Waals surface area contributed by atoms with Gasteiger partial charge < -0.3 is 21.3 Å². The van der Waals surface area contributed by atoms with Gasteiger partial charge in [-0.3, -0.25) is 4.79 Å². The zero-order valence-electron chi connectivity index (χ0n) is 11.5. The third kappa shape index (κ3) is 3.76. The summed E-state index contributed by atoms with van der Waals surface area (Å²) < 4.78 is 0. The van der Waals surface area contributed by atoms with E-state index >= 15 is 0 Å². The van der Waals surface area contributed by atoms with E-state index in [9.17, 15) is 15.0 Å². The Morgan fingerprint density at radius 1 is 1.19 bits per heavy atom. The first-order valence-electron chi connectivity index (χ1n) is 6.33. The summed E-state index contributed by atoms with van der Waals surface area (Å²) in [6.45, 7) is 1.77. The lowest BCUT2D eigenvalue weighted by Gasteiger charge is -2.05. The Kier molecular flexibility index (Phi) is 4.13. The predicted octanol–water partition coefficient (Wildman–Crippen LogP) is 2.64. The molecular weight excluding hydrogens is 268 g/mol. The molecule has 21 heavy (non-hydrogen) atoms.